The summed E-state index contributed by atoms with van der Waals surface area (Å²) in [7, 11) is -3.01. The Balaban J connectivity index is 2.46. The second-order valence-corrected chi connectivity index (χ2v) is 7.25. The van der Waals surface area contributed by atoms with Crippen LogP contribution in [0.2, 0.25) is 0 Å². The lowest BCUT2D eigenvalue weighted by Gasteiger charge is -2.20. The van der Waals surface area contributed by atoms with Crippen LogP contribution in [-0.4, -0.2) is 42.5 Å². The summed E-state index contributed by atoms with van der Waals surface area (Å²) in [6, 6.07) is -0.0116. The fraction of sp³-hybridized carbons (Fsp3) is 0.889. The van der Waals surface area contributed by atoms with E-state index in [1.54, 1.807) is 0 Å². The normalized spacial score (nSPS) is 29.7. The lowest BCUT2D eigenvalue weighted by molar-refractivity contribution is 0.596. The minimum atomic E-state index is -3.01. The fourth-order valence-corrected chi connectivity index (χ4v) is 4.38. The first-order chi connectivity index (χ1) is 7.34. The van der Waals surface area contributed by atoms with Gasteiger partial charge in [-0.15, -0.1) is 11.6 Å². The van der Waals surface area contributed by atoms with Gasteiger partial charge in [0.25, 0.3) is 0 Å². The number of hydrogen-bond donors (Lipinski definition) is 2. The molecule has 94 valence electrons. The highest BCUT2D eigenvalue weighted by Gasteiger charge is 2.36. The summed E-state index contributed by atoms with van der Waals surface area (Å²) in [4.78, 5) is 0. The van der Waals surface area contributed by atoms with Crippen LogP contribution < -0.4 is 10.6 Å². The lowest BCUT2D eigenvalue weighted by Crippen LogP contribution is -2.48. The summed E-state index contributed by atoms with van der Waals surface area (Å²) in [6.07, 6.45) is 0.953. The standard InChI is InChI=1S/C9H17ClN2O2S2/c1-3-6(2)11-9(15)12-8-5-16(13,14)4-7(8)10/h6-8H,3-5H2,1-2H3,(H2,11,12,15). The topological polar surface area (TPSA) is 58.2 Å². The zero-order chi connectivity index (χ0) is 12.3. The number of rotatable bonds is 3. The molecule has 1 fully saturated rings. The van der Waals surface area contributed by atoms with Crippen LogP contribution in [0.1, 0.15) is 20.3 Å². The minimum absolute atomic E-state index is 0.0260. The highest BCUT2D eigenvalue weighted by Crippen LogP contribution is 2.17. The Morgan fingerprint density at radius 2 is 2.19 bits per heavy atom. The van der Waals surface area contributed by atoms with E-state index in [9.17, 15) is 8.42 Å². The molecule has 0 saturated carbocycles. The van der Waals surface area contributed by atoms with Crippen molar-refractivity contribution in [3.63, 3.8) is 0 Å². The van der Waals surface area contributed by atoms with Crippen molar-refractivity contribution in [3.8, 4) is 0 Å². The zero-order valence-electron chi connectivity index (χ0n) is 9.36. The smallest absolute Gasteiger partial charge is 0.166 e. The van der Waals surface area contributed by atoms with Crippen molar-refractivity contribution < 1.29 is 8.42 Å². The van der Waals surface area contributed by atoms with Crippen LogP contribution in [0.15, 0.2) is 0 Å². The number of sulfone groups is 1. The van der Waals surface area contributed by atoms with Crippen molar-refractivity contribution >= 4 is 38.8 Å². The first-order valence-corrected chi connectivity index (χ1v) is 7.92. The van der Waals surface area contributed by atoms with Crippen molar-refractivity contribution in [1.82, 2.24) is 10.6 Å². The molecule has 3 unspecified atom stereocenters. The van der Waals surface area contributed by atoms with Crippen LogP contribution >= 0.6 is 23.8 Å². The van der Waals surface area contributed by atoms with Crippen molar-refractivity contribution in [1.29, 1.82) is 0 Å². The highest BCUT2D eigenvalue weighted by atomic mass is 35.5. The van der Waals surface area contributed by atoms with Gasteiger partial charge in [-0.2, -0.15) is 0 Å². The van der Waals surface area contributed by atoms with E-state index in [0.29, 0.717) is 5.11 Å². The molecule has 0 aromatic heterocycles. The molecule has 1 aliphatic heterocycles. The van der Waals surface area contributed by atoms with Crippen LogP contribution in [-0.2, 0) is 9.84 Å². The van der Waals surface area contributed by atoms with E-state index in [-0.39, 0.29) is 23.6 Å². The Morgan fingerprint density at radius 1 is 1.56 bits per heavy atom. The summed E-state index contributed by atoms with van der Waals surface area (Å²) in [5, 5.41) is 6.10. The third-order valence-corrected chi connectivity index (χ3v) is 5.20. The van der Waals surface area contributed by atoms with Crippen molar-refractivity contribution in [2.45, 2.75) is 37.7 Å². The molecule has 1 saturated heterocycles. The van der Waals surface area contributed by atoms with Gasteiger partial charge in [-0.1, -0.05) is 6.92 Å². The summed E-state index contributed by atoms with van der Waals surface area (Å²) < 4.78 is 22.6. The molecule has 0 radical (unpaired) electrons. The molecular weight excluding hydrogens is 268 g/mol. The molecule has 0 aliphatic carbocycles. The molecular formula is C9H17ClN2O2S2. The van der Waals surface area contributed by atoms with Gasteiger partial charge < -0.3 is 10.6 Å². The van der Waals surface area contributed by atoms with Crippen molar-refractivity contribution in [2.75, 3.05) is 11.5 Å². The summed E-state index contributed by atoms with van der Waals surface area (Å²) in [6.45, 7) is 4.06. The first-order valence-electron chi connectivity index (χ1n) is 5.25. The van der Waals surface area contributed by atoms with Gasteiger partial charge in [0, 0.05) is 6.04 Å². The van der Waals surface area contributed by atoms with Crippen molar-refractivity contribution in [3.05, 3.63) is 0 Å². The van der Waals surface area contributed by atoms with E-state index >= 15 is 0 Å². The molecule has 0 aromatic carbocycles. The van der Waals surface area contributed by atoms with Gasteiger partial charge in [-0.05, 0) is 25.6 Å². The average molecular weight is 285 g/mol. The summed E-state index contributed by atoms with van der Waals surface area (Å²) in [5.74, 6) is 0.0850. The second-order valence-electron chi connectivity index (χ2n) is 4.13. The second kappa shape index (κ2) is 5.51. The van der Waals surface area contributed by atoms with Gasteiger partial charge in [0.1, 0.15) is 0 Å². The summed E-state index contributed by atoms with van der Waals surface area (Å²) >= 11 is 11.0. The molecule has 0 aromatic rings. The largest absolute Gasteiger partial charge is 0.360 e. The predicted octanol–water partition coefficient (Wildman–Crippen LogP) is 0.653. The number of hydrogen-bond acceptors (Lipinski definition) is 3. The van der Waals surface area contributed by atoms with Gasteiger partial charge in [-0.25, -0.2) is 8.42 Å². The van der Waals surface area contributed by atoms with E-state index in [4.69, 9.17) is 23.8 Å². The Hall–Kier alpha value is -0.0700. The Labute approximate surface area is 107 Å². The van der Waals surface area contributed by atoms with Crippen LogP contribution in [0.5, 0.6) is 0 Å². The third-order valence-electron chi connectivity index (χ3n) is 2.59. The SMILES string of the molecule is CCC(C)NC(=S)NC1CS(=O)(=O)CC1Cl. The maximum Gasteiger partial charge on any atom is 0.166 e. The third kappa shape index (κ3) is 4.07. The van der Waals surface area contributed by atoms with Crippen LogP contribution in [0.3, 0.4) is 0 Å². The van der Waals surface area contributed by atoms with E-state index in [1.165, 1.54) is 0 Å². The number of alkyl halides is 1. The molecule has 0 amide bonds. The molecule has 1 rings (SSSR count). The maximum absolute atomic E-state index is 11.3. The van der Waals surface area contributed by atoms with Gasteiger partial charge in [0.15, 0.2) is 14.9 Å². The van der Waals surface area contributed by atoms with E-state index in [0.717, 1.165) is 6.42 Å². The fourth-order valence-electron chi connectivity index (χ4n) is 1.47. The molecule has 0 spiro atoms. The molecule has 3 atom stereocenters. The Morgan fingerprint density at radius 3 is 2.62 bits per heavy atom. The number of thiocarbonyl (C=S) groups is 1. The first kappa shape index (κ1) is 14.0. The molecule has 2 N–H and O–H groups in total. The van der Waals surface area contributed by atoms with E-state index in [2.05, 4.69) is 10.6 Å². The molecule has 0 bridgehead atoms. The van der Waals surface area contributed by atoms with Crippen molar-refractivity contribution in [2.24, 2.45) is 0 Å². The van der Waals surface area contributed by atoms with Crippen LogP contribution in [0.25, 0.3) is 0 Å². The monoisotopic (exact) mass is 284 g/mol. The van der Waals surface area contributed by atoms with Gasteiger partial charge in [0.2, 0.25) is 0 Å². The van der Waals surface area contributed by atoms with E-state index < -0.39 is 15.2 Å². The van der Waals surface area contributed by atoms with Gasteiger partial charge in [-0.3, -0.25) is 0 Å². The predicted molar refractivity (Wildman–Crippen MR) is 70.7 cm³/mol. The number of nitrogens with one attached hydrogen (secondary N) is 2. The summed E-state index contributed by atoms with van der Waals surface area (Å²) in [5.41, 5.74) is 0. The van der Waals surface area contributed by atoms with Crippen LogP contribution in [0.4, 0.5) is 0 Å². The minimum Gasteiger partial charge on any atom is -0.360 e. The molecule has 4 nitrogen and oxygen atoms in total. The van der Waals surface area contributed by atoms with Gasteiger partial charge in [0.05, 0.1) is 22.9 Å². The molecule has 1 aliphatic rings. The number of halogens is 1. The molecule has 7 heteroatoms. The zero-order valence-corrected chi connectivity index (χ0v) is 11.8. The van der Waals surface area contributed by atoms with Gasteiger partial charge >= 0.3 is 0 Å². The maximum atomic E-state index is 11.3. The Kier molecular flexibility index (Phi) is 4.82. The average Bonchev–Trinajstić information content (AvgIpc) is 2.39. The van der Waals surface area contributed by atoms with E-state index in [1.807, 2.05) is 13.8 Å². The molecule has 16 heavy (non-hydrogen) atoms. The molecule has 1 heterocycles. The lowest BCUT2D eigenvalue weighted by atomic mass is 10.2. The van der Waals surface area contributed by atoms with Crippen LogP contribution in [0, 0.1) is 0 Å². The Bertz CT molecular complexity index is 359. The quantitative estimate of drug-likeness (QED) is 0.589. The highest BCUT2D eigenvalue weighted by molar-refractivity contribution is 7.91.